The Hall–Kier alpha value is -3.50. The number of carbonyl (C=O) groups is 1. The number of imidazole rings is 1. The van der Waals surface area contributed by atoms with Crippen molar-refractivity contribution in [3.8, 4) is 0 Å². The molecule has 0 bridgehead atoms. The second-order valence-electron chi connectivity index (χ2n) is 9.23. The van der Waals surface area contributed by atoms with Crippen LogP contribution in [0.4, 0.5) is 15.8 Å². The maximum atomic E-state index is 14.5. The van der Waals surface area contributed by atoms with Gasteiger partial charge in [0.1, 0.15) is 5.52 Å². The van der Waals surface area contributed by atoms with Gasteiger partial charge in [0.15, 0.2) is 11.5 Å². The average Bonchev–Trinajstić information content (AvgIpc) is 3.46. The molecule has 1 amide bonds. The first-order valence-corrected chi connectivity index (χ1v) is 12.0. The summed E-state index contributed by atoms with van der Waals surface area (Å²) in [6.07, 6.45) is 5.39. The Kier molecular flexibility index (Phi) is 5.42. The first-order chi connectivity index (χ1) is 17.0. The van der Waals surface area contributed by atoms with Crippen LogP contribution in [-0.2, 0) is 11.3 Å². The zero-order valence-corrected chi connectivity index (χ0v) is 19.9. The number of nitrogens with zero attached hydrogens (tertiary/aromatic N) is 6. The third-order valence-electron chi connectivity index (χ3n) is 6.93. The lowest BCUT2D eigenvalue weighted by Crippen LogP contribution is -2.58. The molecule has 4 aromatic rings. The minimum atomic E-state index is -0.488. The number of benzene rings is 1. The number of nitrogens with one attached hydrogen (secondary N) is 1. The molecular formula is C25H28FN7O2. The third-order valence-corrected chi connectivity index (χ3v) is 6.93. The van der Waals surface area contributed by atoms with Gasteiger partial charge in [-0.25, -0.2) is 9.37 Å². The molecule has 9 nitrogen and oxygen atoms in total. The number of anilines is 2. The van der Waals surface area contributed by atoms with Crippen LogP contribution in [0.25, 0.3) is 16.6 Å². The molecular weight excluding hydrogens is 449 g/mol. The molecule has 0 spiro atoms. The number of carbonyl (C=O) groups excluding carboxylic acids is 1. The first-order valence-electron chi connectivity index (χ1n) is 12.0. The van der Waals surface area contributed by atoms with Crippen LogP contribution in [0.3, 0.4) is 0 Å². The van der Waals surface area contributed by atoms with Crippen LogP contribution in [0.2, 0.25) is 0 Å². The molecule has 2 aliphatic rings. The molecule has 2 aliphatic heterocycles. The van der Waals surface area contributed by atoms with E-state index in [0.717, 1.165) is 50.5 Å². The second kappa shape index (κ2) is 8.62. The van der Waals surface area contributed by atoms with Gasteiger partial charge in [-0.05, 0) is 26.0 Å². The van der Waals surface area contributed by atoms with E-state index in [1.165, 1.54) is 6.07 Å². The molecule has 1 aromatic carbocycles. The number of morpholine rings is 1. The van der Waals surface area contributed by atoms with Crippen molar-refractivity contribution in [1.29, 1.82) is 0 Å². The maximum absolute atomic E-state index is 14.5. The lowest BCUT2D eigenvalue weighted by atomic mass is 10.1. The SMILES string of the molecule is CCn1cc2c(N3CCN4CCOCC4C3)ccc(C(=O)Nc3cc(F)c4nc(C)cn4c3)c2n1. The van der Waals surface area contributed by atoms with Crippen molar-refractivity contribution < 1.29 is 13.9 Å². The van der Waals surface area contributed by atoms with Gasteiger partial charge in [0.05, 0.1) is 36.2 Å². The molecule has 0 aliphatic carbocycles. The van der Waals surface area contributed by atoms with Crippen LogP contribution >= 0.6 is 0 Å². The highest BCUT2D eigenvalue weighted by Gasteiger charge is 2.31. The van der Waals surface area contributed by atoms with Gasteiger partial charge in [-0.15, -0.1) is 0 Å². The molecule has 182 valence electrons. The van der Waals surface area contributed by atoms with Crippen molar-refractivity contribution in [3.63, 3.8) is 0 Å². The molecule has 6 rings (SSSR count). The van der Waals surface area contributed by atoms with E-state index in [4.69, 9.17) is 9.84 Å². The fourth-order valence-electron chi connectivity index (χ4n) is 5.17. The van der Waals surface area contributed by atoms with Crippen LogP contribution in [0.1, 0.15) is 23.0 Å². The van der Waals surface area contributed by atoms with Crippen LogP contribution in [0.5, 0.6) is 0 Å². The Morgan fingerprint density at radius 2 is 2.11 bits per heavy atom. The topological polar surface area (TPSA) is 79.9 Å². The van der Waals surface area contributed by atoms with Crippen LogP contribution in [0, 0.1) is 12.7 Å². The van der Waals surface area contributed by atoms with Gasteiger partial charge < -0.3 is 19.4 Å². The largest absolute Gasteiger partial charge is 0.378 e. The number of fused-ring (bicyclic) bond motifs is 3. The molecule has 10 heteroatoms. The highest BCUT2D eigenvalue weighted by atomic mass is 19.1. The molecule has 0 saturated carbocycles. The van der Waals surface area contributed by atoms with Gasteiger partial charge >= 0.3 is 0 Å². The van der Waals surface area contributed by atoms with Crippen molar-refractivity contribution in [2.75, 3.05) is 49.6 Å². The predicted molar refractivity (Wildman–Crippen MR) is 132 cm³/mol. The molecule has 1 unspecified atom stereocenters. The number of amides is 1. The standard InChI is InChI=1S/C25H28FN7O2/c1-3-33-14-20-22(31-7-6-30-8-9-35-15-18(30)13-31)5-4-19(23(20)29-33)25(34)28-17-10-21(26)24-27-16(2)11-32(24)12-17/h4-5,10-12,14,18H,3,6-9,13,15H2,1-2H3,(H,28,34). The van der Waals surface area contributed by atoms with E-state index in [9.17, 15) is 9.18 Å². The van der Waals surface area contributed by atoms with E-state index in [-0.39, 0.29) is 11.6 Å². The molecule has 35 heavy (non-hydrogen) atoms. The summed E-state index contributed by atoms with van der Waals surface area (Å²) in [6, 6.07) is 5.48. The highest BCUT2D eigenvalue weighted by Crippen LogP contribution is 2.31. The monoisotopic (exact) mass is 477 g/mol. The Morgan fingerprint density at radius 1 is 1.23 bits per heavy atom. The summed E-state index contributed by atoms with van der Waals surface area (Å²) in [4.78, 5) is 22.3. The summed E-state index contributed by atoms with van der Waals surface area (Å²) in [5, 5.41) is 8.49. The molecule has 5 heterocycles. The second-order valence-corrected chi connectivity index (χ2v) is 9.23. The van der Waals surface area contributed by atoms with Gasteiger partial charge in [-0.2, -0.15) is 5.10 Å². The number of halogens is 1. The smallest absolute Gasteiger partial charge is 0.257 e. The van der Waals surface area contributed by atoms with E-state index in [2.05, 4.69) is 20.1 Å². The fourth-order valence-corrected chi connectivity index (χ4v) is 5.17. The number of aryl methyl sites for hydroxylation is 2. The van der Waals surface area contributed by atoms with Gasteiger partial charge in [0.2, 0.25) is 0 Å². The van der Waals surface area contributed by atoms with Crippen molar-refractivity contribution in [2.45, 2.75) is 26.4 Å². The van der Waals surface area contributed by atoms with E-state index in [1.54, 1.807) is 23.7 Å². The Labute approximate surface area is 202 Å². The lowest BCUT2D eigenvalue weighted by molar-refractivity contribution is -0.0116. The highest BCUT2D eigenvalue weighted by molar-refractivity contribution is 6.13. The zero-order chi connectivity index (χ0) is 24.1. The first kappa shape index (κ1) is 22.0. The molecule has 2 fully saturated rings. The van der Waals surface area contributed by atoms with Crippen molar-refractivity contribution in [2.24, 2.45) is 0 Å². The number of hydrogen-bond acceptors (Lipinski definition) is 6. The zero-order valence-electron chi connectivity index (χ0n) is 19.9. The summed E-state index contributed by atoms with van der Waals surface area (Å²) in [5.74, 6) is -0.818. The number of pyridine rings is 1. The minimum Gasteiger partial charge on any atom is -0.378 e. The van der Waals surface area contributed by atoms with E-state index >= 15 is 0 Å². The van der Waals surface area contributed by atoms with Crippen molar-refractivity contribution in [1.82, 2.24) is 24.1 Å². The van der Waals surface area contributed by atoms with Gasteiger partial charge in [0, 0.05) is 68.5 Å². The number of ether oxygens (including phenoxy) is 1. The van der Waals surface area contributed by atoms with Crippen LogP contribution in [-0.4, -0.2) is 75.4 Å². The van der Waals surface area contributed by atoms with E-state index in [0.29, 0.717) is 35.0 Å². The summed E-state index contributed by atoms with van der Waals surface area (Å²) in [7, 11) is 0. The predicted octanol–water partition coefficient (Wildman–Crippen LogP) is 2.92. The van der Waals surface area contributed by atoms with Gasteiger partial charge in [-0.1, -0.05) is 0 Å². The number of piperazine rings is 1. The fraction of sp³-hybridized carbons (Fsp3) is 0.400. The number of aromatic nitrogens is 4. The summed E-state index contributed by atoms with van der Waals surface area (Å²) in [6.45, 7) is 9.81. The molecule has 1 atom stereocenters. The van der Waals surface area contributed by atoms with Gasteiger partial charge in [-0.3, -0.25) is 14.4 Å². The van der Waals surface area contributed by atoms with Crippen molar-refractivity contribution in [3.05, 3.63) is 53.9 Å². The summed E-state index contributed by atoms with van der Waals surface area (Å²) >= 11 is 0. The maximum Gasteiger partial charge on any atom is 0.257 e. The molecule has 1 N–H and O–H groups in total. The number of hydrogen-bond donors (Lipinski definition) is 1. The van der Waals surface area contributed by atoms with E-state index < -0.39 is 5.82 Å². The van der Waals surface area contributed by atoms with E-state index in [1.807, 2.05) is 29.9 Å². The molecule has 0 radical (unpaired) electrons. The number of rotatable bonds is 4. The Balaban J connectivity index is 1.33. The lowest BCUT2D eigenvalue weighted by Gasteiger charge is -2.44. The minimum absolute atomic E-state index is 0.234. The average molecular weight is 478 g/mol. The van der Waals surface area contributed by atoms with Crippen LogP contribution < -0.4 is 10.2 Å². The molecule has 2 saturated heterocycles. The Morgan fingerprint density at radius 3 is 2.97 bits per heavy atom. The van der Waals surface area contributed by atoms with Crippen molar-refractivity contribution >= 4 is 33.8 Å². The van der Waals surface area contributed by atoms with Crippen LogP contribution in [0.15, 0.2) is 36.8 Å². The summed E-state index contributed by atoms with van der Waals surface area (Å²) in [5.41, 5.74) is 3.47. The Bertz CT molecular complexity index is 1430. The summed E-state index contributed by atoms with van der Waals surface area (Å²) < 4.78 is 23.7. The molecule has 3 aromatic heterocycles. The third kappa shape index (κ3) is 3.92. The quantitative estimate of drug-likeness (QED) is 0.487. The normalized spacial score (nSPS) is 18.8. The van der Waals surface area contributed by atoms with Gasteiger partial charge in [0.25, 0.3) is 5.91 Å².